The van der Waals surface area contributed by atoms with E-state index >= 15 is 0 Å². The van der Waals surface area contributed by atoms with Crippen molar-refractivity contribution in [2.45, 2.75) is 139 Å². The van der Waals surface area contributed by atoms with Gasteiger partial charge in [-0.25, -0.2) is 6.08 Å². The van der Waals surface area contributed by atoms with E-state index < -0.39 is 0 Å². The quantitative estimate of drug-likeness (QED) is 0.159. The minimum absolute atomic E-state index is 0. The summed E-state index contributed by atoms with van der Waals surface area (Å²) in [6.45, 7) is 37.0. The molecular formula is C53H68Cl2Zr-2. The van der Waals surface area contributed by atoms with E-state index in [1.54, 1.807) is 0 Å². The maximum absolute atomic E-state index is 3.35. The summed E-state index contributed by atoms with van der Waals surface area (Å²) >= 11 is 1.46. The molecule has 0 saturated heterocycles. The van der Waals surface area contributed by atoms with E-state index in [0.717, 1.165) is 0 Å². The Morgan fingerprint density at radius 3 is 1.14 bits per heavy atom. The molecule has 0 nitrogen and oxygen atoms in total. The van der Waals surface area contributed by atoms with Gasteiger partial charge in [0.15, 0.2) is 0 Å². The third-order valence-electron chi connectivity index (χ3n) is 10.5. The molecule has 0 amide bonds. The molecule has 0 heterocycles. The van der Waals surface area contributed by atoms with E-state index in [4.69, 9.17) is 0 Å². The number of halogens is 2. The first-order valence-corrected chi connectivity index (χ1v) is 21.3. The van der Waals surface area contributed by atoms with Crippen molar-refractivity contribution in [2.75, 3.05) is 0 Å². The van der Waals surface area contributed by atoms with Gasteiger partial charge in [-0.3, -0.25) is 6.08 Å². The molecule has 1 unspecified atom stereocenters. The van der Waals surface area contributed by atoms with Crippen molar-refractivity contribution in [3.8, 4) is 0 Å². The molecule has 56 heavy (non-hydrogen) atoms. The van der Waals surface area contributed by atoms with Crippen molar-refractivity contribution in [1.82, 2.24) is 0 Å². The Bertz CT molecular complexity index is 1980. The number of rotatable bonds is 3. The van der Waals surface area contributed by atoms with Crippen LogP contribution in [0.5, 0.6) is 0 Å². The predicted molar refractivity (Wildman–Crippen MR) is 237 cm³/mol. The average Bonchev–Trinajstić information content (AvgIpc) is 3.72. The summed E-state index contributed by atoms with van der Waals surface area (Å²) in [4.78, 5) is 0. The molecule has 300 valence electrons. The van der Waals surface area contributed by atoms with Gasteiger partial charge in [-0.1, -0.05) is 163 Å². The summed E-state index contributed by atoms with van der Waals surface area (Å²) in [7, 11) is 0. The molecule has 1 aliphatic carbocycles. The third-order valence-corrected chi connectivity index (χ3v) is 11.9. The second kappa shape index (κ2) is 19.1. The molecule has 6 rings (SSSR count). The molecule has 0 fully saturated rings. The van der Waals surface area contributed by atoms with Crippen LogP contribution in [0.2, 0.25) is 0 Å². The first-order valence-electron chi connectivity index (χ1n) is 20.1. The number of fused-ring (bicyclic) bond motifs is 3. The first kappa shape index (κ1) is 49.7. The number of hydrogen-bond donors (Lipinski definition) is 0. The van der Waals surface area contributed by atoms with Crippen LogP contribution in [0.15, 0.2) is 109 Å². The van der Waals surface area contributed by atoms with Gasteiger partial charge in [0, 0.05) is 0 Å². The zero-order valence-electron chi connectivity index (χ0n) is 37.4. The Kier molecular flexibility index (Phi) is 16.9. The van der Waals surface area contributed by atoms with Gasteiger partial charge in [-0.15, -0.1) is 39.7 Å². The van der Waals surface area contributed by atoms with Crippen LogP contribution in [-0.4, -0.2) is 3.21 Å². The van der Waals surface area contributed by atoms with Crippen LogP contribution in [0.4, 0.5) is 0 Å². The van der Waals surface area contributed by atoms with E-state index in [-0.39, 0.29) is 46.5 Å². The van der Waals surface area contributed by atoms with E-state index in [1.165, 1.54) is 94.4 Å². The van der Waals surface area contributed by atoms with Crippen molar-refractivity contribution in [3.05, 3.63) is 148 Å². The maximum atomic E-state index is 3.35. The molecule has 5 aromatic rings. The summed E-state index contributed by atoms with van der Waals surface area (Å²) in [5.41, 5.74) is 10.8. The Morgan fingerprint density at radius 1 is 0.536 bits per heavy atom. The molecule has 0 bridgehead atoms. The van der Waals surface area contributed by atoms with Crippen LogP contribution >= 0.6 is 0 Å². The predicted octanol–water partition coefficient (Wildman–Crippen LogP) is 9.07. The van der Waals surface area contributed by atoms with Crippen molar-refractivity contribution in [3.63, 3.8) is 0 Å². The van der Waals surface area contributed by atoms with Gasteiger partial charge in [-0.05, 0) is 21.7 Å². The van der Waals surface area contributed by atoms with Gasteiger partial charge in [-0.2, -0.15) is 11.6 Å². The van der Waals surface area contributed by atoms with Crippen LogP contribution in [0.25, 0.3) is 21.5 Å². The van der Waals surface area contributed by atoms with Gasteiger partial charge in [0.05, 0.1) is 0 Å². The van der Waals surface area contributed by atoms with Gasteiger partial charge in [0.2, 0.25) is 0 Å². The molecule has 0 spiro atoms. The summed E-state index contributed by atoms with van der Waals surface area (Å²) in [6.07, 6.45) is 9.00. The van der Waals surface area contributed by atoms with E-state index in [9.17, 15) is 0 Å². The normalized spacial score (nSPS) is 14.5. The van der Waals surface area contributed by atoms with Crippen molar-refractivity contribution in [1.29, 1.82) is 0 Å². The standard InChI is InChI=1S/C29H41.C13H10.C11H17.2ClH.Zr/c1-26(2,3)22-14-18-13-19-15-23(27(4,5)6)25(29(10,11)12)17-21(19)20(18)16-24(22)28(7,8)9;1-3-7-12(8-4-1)11-13-9-5-2-6-10-13;1-5-9-6-7-10(8-9)11(2,3)4;;;/h13-17H,1-12H3;1-10H;7-9H,5H2,1-4H3;2*1H;/q-1;;-1;;;+2/p-2. The second-order valence-corrected chi connectivity index (χ2v) is 21.6. The Hall–Kier alpha value is -2.44. The number of allylic oxidation sites excluding steroid dienone is 4. The third kappa shape index (κ3) is 12.5. The Balaban J connectivity index is 0.000000332. The molecule has 0 N–H and O–H groups in total. The fourth-order valence-corrected chi connectivity index (χ4v) is 8.00. The van der Waals surface area contributed by atoms with Crippen molar-refractivity contribution >= 4 is 24.8 Å². The molecule has 3 heteroatoms. The monoisotopic (exact) mass is 864 g/mol. The Labute approximate surface area is 369 Å². The van der Waals surface area contributed by atoms with E-state index in [1.807, 2.05) is 0 Å². The van der Waals surface area contributed by atoms with Gasteiger partial charge in [0.25, 0.3) is 0 Å². The second-order valence-electron chi connectivity index (χ2n) is 20.4. The summed E-state index contributed by atoms with van der Waals surface area (Å²) in [5, 5.41) is 5.57. The van der Waals surface area contributed by atoms with Gasteiger partial charge in [0.1, 0.15) is 0 Å². The zero-order valence-corrected chi connectivity index (χ0v) is 41.3. The van der Waals surface area contributed by atoms with Crippen LogP contribution < -0.4 is 24.8 Å². The van der Waals surface area contributed by atoms with E-state index in [2.05, 4.69) is 220 Å². The van der Waals surface area contributed by atoms with Crippen LogP contribution in [0.1, 0.15) is 151 Å². The molecule has 5 aromatic carbocycles. The molecule has 0 aromatic heterocycles. The van der Waals surface area contributed by atoms with Crippen molar-refractivity contribution in [2.24, 2.45) is 11.3 Å². The van der Waals surface area contributed by atoms with Gasteiger partial charge >= 0.3 is 99.2 Å². The molecular weight excluding hydrogens is 799 g/mol. The SMILES string of the molecule is CC(C)(C)c1cc2[cH-]c3cc(C(C)(C)C)c(C(C)(C)C)cc3c2cc1C(C)(C)C.CCC1[C-]=CC(C(C)(C)C)=C1.[Cl-].[Cl-].[Zr+2]=[C](c1ccccc1)c1ccccc1. The van der Waals surface area contributed by atoms with Crippen LogP contribution in [0, 0.1) is 17.4 Å². The van der Waals surface area contributed by atoms with Crippen LogP contribution in [-0.2, 0) is 45.9 Å². The zero-order chi connectivity index (χ0) is 40.4. The molecule has 0 saturated carbocycles. The minimum atomic E-state index is 0. The van der Waals surface area contributed by atoms with Crippen LogP contribution in [0.3, 0.4) is 0 Å². The van der Waals surface area contributed by atoms with Crippen molar-refractivity contribution < 1.29 is 49.0 Å². The fraction of sp³-hybridized carbons (Fsp3) is 0.434. The number of hydrogen-bond acceptors (Lipinski definition) is 0. The molecule has 0 aliphatic heterocycles. The summed E-state index contributed by atoms with van der Waals surface area (Å²) in [5.74, 6) is 0.573. The molecule has 1 aliphatic rings. The Morgan fingerprint density at radius 2 is 0.875 bits per heavy atom. The molecule has 0 radical (unpaired) electrons. The summed E-state index contributed by atoms with van der Waals surface area (Å²) in [6, 6.07) is 33.4. The number of benzene rings is 4. The first-order chi connectivity index (χ1) is 24.8. The topological polar surface area (TPSA) is 0 Å². The summed E-state index contributed by atoms with van der Waals surface area (Å²) < 4.78 is 1.42. The van der Waals surface area contributed by atoms with E-state index in [0.29, 0.717) is 11.3 Å². The fourth-order valence-electron chi connectivity index (χ4n) is 7.18. The van der Waals surface area contributed by atoms with Gasteiger partial charge < -0.3 is 24.8 Å². The average molecular weight is 867 g/mol. The molecule has 1 atom stereocenters.